The first-order valence-corrected chi connectivity index (χ1v) is 8.79. The molecule has 1 heterocycles. The van der Waals surface area contributed by atoms with E-state index >= 15 is 0 Å². The fourth-order valence-electron chi connectivity index (χ4n) is 2.71. The molecule has 0 amide bonds. The lowest BCUT2D eigenvalue weighted by atomic mass is 10.2. The van der Waals surface area contributed by atoms with E-state index in [-0.39, 0.29) is 0 Å². The number of morpholine rings is 1. The molecule has 0 atom stereocenters. The van der Waals surface area contributed by atoms with Crippen LogP contribution in [0.4, 0.5) is 17.1 Å². The molecule has 1 aliphatic rings. The molecule has 25 heavy (non-hydrogen) atoms. The fourth-order valence-corrected chi connectivity index (χ4v) is 3.11. The Hall–Kier alpha value is -2.02. The van der Waals surface area contributed by atoms with Gasteiger partial charge in [-0.25, -0.2) is 0 Å². The Balaban J connectivity index is 1.74. The molecule has 0 unspecified atom stereocenters. The quantitative estimate of drug-likeness (QED) is 0.785. The lowest BCUT2D eigenvalue weighted by Gasteiger charge is -2.30. The zero-order chi connectivity index (χ0) is 17.6. The number of nitrogens with zero attached hydrogens (tertiary/aromatic N) is 1. The summed E-state index contributed by atoms with van der Waals surface area (Å²) in [4.78, 5) is 2.29. The molecule has 0 saturated carbocycles. The van der Waals surface area contributed by atoms with E-state index < -0.39 is 0 Å². The van der Waals surface area contributed by atoms with E-state index in [2.05, 4.69) is 21.6 Å². The Morgan fingerprint density at radius 1 is 1.12 bits per heavy atom. The number of rotatable bonds is 4. The molecular weight excluding hydrogens is 358 g/mol. The summed E-state index contributed by atoms with van der Waals surface area (Å²) in [6.07, 6.45) is 0. The highest BCUT2D eigenvalue weighted by atomic mass is 35.5. The Bertz CT molecular complexity index is 751. The number of ether oxygens (including phenoxy) is 2. The zero-order valence-electron chi connectivity index (χ0n) is 13.9. The minimum atomic E-state index is 0.473. The molecule has 0 bridgehead atoms. The summed E-state index contributed by atoms with van der Waals surface area (Å²) in [6, 6.07) is 13.4. The number of hydrogen-bond acceptors (Lipinski definition) is 4. The lowest BCUT2D eigenvalue weighted by molar-refractivity contribution is 0.123. The molecule has 7 heteroatoms. The molecule has 1 saturated heterocycles. The summed E-state index contributed by atoms with van der Waals surface area (Å²) in [5.41, 5.74) is 2.77. The third-order valence-corrected chi connectivity index (χ3v) is 4.35. The van der Waals surface area contributed by atoms with E-state index in [1.165, 1.54) is 0 Å². The van der Waals surface area contributed by atoms with Crippen molar-refractivity contribution >= 4 is 46.0 Å². The third-order valence-electron chi connectivity index (χ3n) is 3.91. The molecule has 5 nitrogen and oxygen atoms in total. The number of methoxy groups -OCH3 is 1. The maximum Gasteiger partial charge on any atom is 0.175 e. The van der Waals surface area contributed by atoms with Gasteiger partial charge in [0, 0.05) is 18.1 Å². The minimum Gasteiger partial charge on any atom is -0.495 e. The summed E-state index contributed by atoms with van der Waals surface area (Å²) >= 11 is 11.5. The molecule has 0 radical (unpaired) electrons. The van der Waals surface area contributed by atoms with Gasteiger partial charge in [0.15, 0.2) is 5.11 Å². The van der Waals surface area contributed by atoms with Crippen LogP contribution in [0.25, 0.3) is 0 Å². The van der Waals surface area contributed by atoms with Gasteiger partial charge in [0.2, 0.25) is 0 Å². The van der Waals surface area contributed by atoms with Crippen molar-refractivity contribution < 1.29 is 9.47 Å². The topological polar surface area (TPSA) is 45.8 Å². The summed E-state index contributed by atoms with van der Waals surface area (Å²) in [6.45, 7) is 3.19. The van der Waals surface area contributed by atoms with Crippen LogP contribution in [0.1, 0.15) is 0 Å². The smallest absolute Gasteiger partial charge is 0.175 e. The number of anilines is 3. The second kappa shape index (κ2) is 8.38. The summed E-state index contributed by atoms with van der Waals surface area (Å²) in [5.74, 6) is 0.676. The van der Waals surface area contributed by atoms with E-state index in [0.717, 1.165) is 43.4 Å². The Morgan fingerprint density at radius 3 is 2.60 bits per heavy atom. The largest absolute Gasteiger partial charge is 0.495 e. The Labute approximate surface area is 157 Å². The second-order valence-electron chi connectivity index (χ2n) is 5.54. The summed E-state index contributed by atoms with van der Waals surface area (Å²) in [7, 11) is 1.61. The van der Waals surface area contributed by atoms with E-state index in [9.17, 15) is 0 Å². The van der Waals surface area contributed by atoms with Crippen molar-refractivity contribution in [2.75, 3.05) is 48.9 Å². The molecule has 0 aliphatic carbocycles. The average molecular weight is 378 g/mol. The van der Waals surface area contributed by atoms with Crippen molar-refractivity contribution in [1.29, 1.82) is 0 Å². The molecule has 0 aromatic heterocycles. The van der Waals surface area contributed by atoms with Crippen LogP contribution in [0.2, 0.25) is 5.02 Å². The third kappa shape index (κ3) is 4.54. The van der Waals surface area contributed by atoms with Crippen LogP contribution in [0.5, 0.6) is 5.75 Å². The van der Waals surface area contributed by atoms with Crippen LogP contribution >= 0.6 is 23.8 Å². The van der Waals surface area contributed by atoms with E-state index in [4.69, 9.17) is 33.3 Å². The van der Waals surface area contributed by atoms with Gasteiger partial charge in [-0.05, 0) is 42.5 Å². The molecule has 1 fully saturated rings. The zero-order valence-corrected chi connectivity index (χ0v) is 15.5. The SMILES string of the molecule is COc1ccc(Cl)cc1NC(=S)Nc1ccccc1N1CCOCC1. The number of nitrogens with one attached hydrogen (secondary N) is 2. The van der Waals surface area contributed by atoms with Gasteiger partial charge < -0.3 is 25.0 Å². The first-order chi connectivity index (χ1) is 12.2. The second-order valence-corrected chi connectivity index (χ2v) is 6.38. The van der Waals surface area contributed by atoms with Crippen LogP contribution in [-0.4, -0.2) is 38.5 Å². The molecule has 2 aromatic carbocycles. The molecule has 2 N–H and O–H groups in total. The highest BCUT2D eigenvalue weighted by Crippen LogP contribution is 2.29. The summed E-state index contributed by atoms with van der Waals surface area (Å²) < 4.78 is 10.8. The summed E-state index contributed by atoms with van der Waals surface area (Å²) in [5, 5.41) is 7.50. The number of thiocarbonyl (C=S) groups is 1. The van der Waals surface area contributed by atoms with Crippen LogP contribution in [-0.2, 0) is 4.74 Å². The van der Waals surface area contributed by atoms with Crippen LogP contribution in [0.15, 0.2) is 42.5 Å². The molecule has 2 aromatic rings. The van der Waals surface area contributed by atoms with Gasteiger partial charge in [-0.2, -0.15) is 0 Å². The van der Waals surface area contributed by atoms with Gasteiger partial charge in [0.1, 0.15) is 5.75 Å². The number of halogens is 1. The van der Waals surface area contributed by atoms with Crippen molar-refractivity contribution in [3.8, 4) is 5.75 Å². The standard InChI is InChI=1S/C18H20ClN3O2S/c1-23-17-7-6-13(19)12-15(17)21-18(25)20-14-4-2-3-5-16(14)22-8-10-24-11-9-22/h2-7,12H,8-11H2,1H3,(H2,20,21,25). The van der Waals surface area contributed by atoms with Crippen molar-refractivity contribution in [2.24, 2.45) is 0 Å². The molecule has 0 spiro atoms. The van der Waals surface area contributed by atoms with E-state index in [1.54, 1.807) is 25.3 Å². The van der Waals surface area contributed by atoms with E-state index in [1.807, 2.05) is 18.2 Å². The maximum atomic E-state index is 6.07. The van der Waals surface area contributed by atoms with Gasteiger partial charge in [0.25, 0.3) is 0 Å². The van der Waals surface area contributed by atoms with Crippen molar-refractivity contribution in [3.63, 3.8) is 0 Å². The highest BCUT2D eigenvalue weighted by molar-refractivity contribution is 7.80. The Morgan fingerprint density at radius 2 is 1.84 bits per heavy atom. The maximum absolute atomic E-state index is 6.07. The van der Waals surface area contributed by atoms with Gasteiger partial charge >= 0.3 is 0 Å². The van der Waals surface area contributed by atoms with Crippen LogP contribution < -0.4 is 20.3 Å². The van der Waals surface area contributed by atoms with Crippen molar-refractivity contribution in [3.05, 3.63) is 47.5 Å². The first kappa shape index (κ1) is 17.8. The van der Waals surface area contributed by atoms with E-state index in [0.29, 0.717) is 15.9 Å². The van der Waals surface area contributed by atoms with Crippen LogP contribution in [0.3, 0.4) is 0 Å². The number of benzene rings is 2. The van der Waals surface area contributed by atoms with Crippen molar-refractivity contribution in [2.45, 2.75) is 0 Å². The molecular formula is C18H20ClN3O2S. The van der Waals surface area contributed by atoms with Gasteiger partial charge in [-0.15, -0.1) is 0 Å². The minimum absolute atomic E-state index is 0.473. The molecule has 3 rings (SSSR count). The van der Waals surface area contributed by atoms with Gasteiger partial charge in [-0.3, -0.25) is 0 Å². The number of para-hydroxylation sites is 2. The Kier molecular flexibility index (Phi) is 5.96. The molecule has 132 valence electrons. The normalized spacial score (nSPS) is 14.1. The van der Waals surface area contributed by atoms with Gasteiger partial charge in [0.05, 0.1) is 37.4 Å². The predicted molar refractivity (Wildman–Crippen MR) is 107 cm³/mol. The predicted octanol–water partition coefficient (Wildman–Crippen LogP) is 3.99. The first-order valence-electron chi connectivity index (χ1n) is 8.00. The van der Waals surface area contributed by atoms with Gasteiger partial charge in [-0.1, -0.05) is 23.7 Å². The van der Waals surface area contributed by atoms with Crippen LogP contribution in [0, 0.1) is 0 Å². The highest BCUT2D eigenvalue weighted by Gasteiger charge is 2.15. The average Bonchev–Trinajstić information content (AvgIpc) is 2.63. The number of hydrogen-bond donors (Lipinski definition) is 2. The molecule has 1 aliphatic heterocycles. The fraction of sp³-hybridized carbons (Fsp3) is 0.278. The van der Waals surface area contributed by atoms with Crippen molar-refractivity contribution in [1.82, 2.24) is 0 Å². The monoisotopic (exact) mass is 377 g/mol. The lowest BCUT2D eigenvalue weighted by Crippen LogP contribution is -2.36.